The van der Waals surface area contributed by atoms with Crippen LogP contribution in [0.15, 0.2) is 6.07 Å². The van der Waals surface area contributed by atoms with Gasteiger partial charge in [-0.3, -0.25) is 10.1 Å². The van der Waals surface area contributed by atoms with Crippen LogP contribution in [0.5, 0.6) is 5.88 Å². The van der Waals surface area contributed by atoms with E-state index in [9.17, 15) is 10.1 Å². The zero-order chi connectivity index (χ0) is 13.7. The number of hydrogen-bond donors (Lipinski definition) is 0. The average Bonchev–Trinajstić information content (AvgIpc) is 2.35. The van der Waals surface area contributed by atoms with Gasteiger partial charge in [-0.1, -0.05) is 11.6 Å². The lowest BCUT2D eigenvalue weighted by Crippen LogP contribution is -2.23. The van der Waals surface area contributed by atoms with Crippen LogP contribution in [0.3, 0.4) is 0 Å². The summed E-state index contributed by atoms with van der Waals surface area (Å²) < 4.78 is 9.83. The van der Waals surface area contributed by atoms with E-state index in [4.69, 9.17) is 21.1 Å². The summed E-state index contributed by atoms with van der Waals surface area (Å²) in [6, 6.07) is 1.23. The monoisotopic (exact) mass is 275 g/mol. The zero-order valence-corrected chi connectivity index (χ0v) is 11.1. The standard InChI is InChI=1S/C10H14ClN3O4/c1-13(4-5-17-2)9-7(11)6-8(14(15)16)10(12-9)18-3/h6H,4-5H2,1-3H3. The van der Waals surface area contributed by atoms with Gasteiger partial charge in [-0.05, 0) is 0 Å². The summed E-state index contributed by atoms with van der Waals surface area (Å²) >= 11 is 5.97. The third-order valence-corrected chi connectivity index (χ3v) is 2.56. The largest absolute Gasteiger partial charge is 0.476 e. The van der Waals surface area contributed by atoms with Crippen LogP contribution in [0.1, 0.15) is 0 Å². The van der Waals surface area contributed by atoms with Gasteiger partial charge in [-0.2, -0.15) is 4.98 Å². The van der Waals surface area contributed by atoms with Crippen molar-refractivity contribution in [3.05, 3.63) is 21.2 Å². The molecule has 8 heteroatoms. The summed E-state index contributed by atoms with van der Waals surface area (Å²) in [5.41, 5.74) is -0.258. The lowest BCUT2D eigenvalue weighted by molar-refractivity contribution is -0.386. The smallest absolute Gasteiger partial charge is 0.332 e. The van der Waals surface area contributed by atoms with E-state index in [-0.39, 0.29) is 16.6 Å². The Kier molecular flexibility index (Phi) is 5.11. The van der Waals surface area contributed by atoms with E-state index >= 15 is 0 Å². The molecule has 0 saturated carbocycles. The molecule has 0 saturated heterocycles. The summed E-state index contributed by atoms with van der Waals surface area (Å²) in [7, 11) is 4.67. The molecule has 7 nitrogen and oxygen atoms in total. The Balaban J connectivity index is 3.10. The maximum absolute atomic E-state index is 10.8. The van der Waals surface area contributed by atoms with E-state index in [0.29, 0.717) is 19.0 Å². The lowest BCUT2D eigenvalue weighted by Gasteiger charge is -2.19. The molecular weight excluding hydrogens is 262 g/mol. The topological polar surface area (TPSA) is 77.7 Å². The van der Waals surface area contributed by atoms with Gasteiger partial charge in [-0.25, -0.2) is 0 Å². The maximum atomic E-state index is 10.8. The Morgan fingerprint density at radius 1 is 1.56 bits per heavy atom. The molecule has 0 aliphatic heterocycles. The Morgan fingerprint density at radius 3 is 2.72 bits per heavy atom. The fraction of sp³-hybridized carbons (Fsp3) is 0.500. The molecule has 0 aliphatic carbocycles. The number of aromatic nitrogens is 1. The summed E-state index contributed by atoms with van der Waals surface area (Å²) in [6.07, 6.45) is 0. The fourth-order valence-corrected chi connectivity index (χ4v) is 1.63. The molecule has 1 aromatic heterocycles. The normalized spacial score (nSPS) is 10.2. The second-order valence-electron chi connectivity index (χ2n) is 3.49. The van der Waals surface area contributed by atoms with Crippen molar-refractivity contribution in [2.75, 3.05) is 39.3 Å². The number of rotatable bonds is 6. The highest BCUT2D eigenvalue weighted by Crippen LogP contribution is 2.33. The molecular formula is C10H14ClN3O4. The number of likely N-dealkylation sites (N-methyl/N-ethyl adjacent to an activating group) is 1. The predicted octanol–water partition coefficient (Wildman–Crippen LogP) is 1.73. The van der Waals surface area contributed by atoms with E-state index in [1.807, 2.05) is 0 Å². The molecule has 0 N–H and O–H groups in total. The van der Waals surface area contributed by atoms with E-state index < -0.39 is 4.92 Å². The lowest BCUT2D eigenvalue weighted by atomic mass is 10.3. The van der Waals surface area contributed by atoms with Crippen molar-refractivity contribution in [2.45, 2.75) is 0 Å². The van der Waals surface area contributed by atoms with Crippen LogP contribution in [-0.2, 0) is 4.74 Å². The number of halogens is 1. The molecule has 0 unspecified atom stereocenters. The molecule has 0 atom stereocenters. The number of nitrogens with zero attached hydrogens (tertiary/aromatic N) is 3. The van der Waals surface area contributed by atoms with Gasteiger partial charge in [0.2, 0.25) is 0 Å². The van der Waals surface area contributed by atoms with Gasteiger partial charge in [0.1, 0.15) is 0 Å². The van der Waals surface area contributed by atoms with Gasteiger partial charge in [-0.15, -0.1) is 0 Å². The van der Waals surface area contributed by atoms with Crippen LogP contribution in [0, 0.1) is 10.1 Å². The first-order valence-corrected chi connectivity index (χ1v) is 5.48. The molecule has 1 heterocycles. The highest BCUT2D eigenvalue weighted by Gasteiger charge is 2.21. The number of hydrogen-bond acceptors (Lipinski definition) is 6. The molecule has 1 aromatic rings. The highest BCUT2D eigenvalue weighted by atomic mass is 35.5. The minimum absolute atomic E-state index is 0.0660. The number of anilines is 1. The van der Waals surface area contributed by atoms with Crippen LogP contribution >= 0.6 is 11.6 Å². The summed E-state index contributed by atoms with van der Waals surface area (Å²) in [5.74, 6) is 0.347. The van der Waals surface area contributed by atoms with Crippen molar-refractivity contribution in [3.63, 3.8) is 0 Å². The van der Waals surface area contributed by atoms with Gasteiger partial charge < -0.3 is 14.4 Å². The Hall–Kier alpha value is -1.60. The van der Waals surface area contributed by atoms with Crippen LogP contribution in [0.25, 0.3) is 0 Å². The quantitative estimate of drug-likeness (QED) is 0.581. The minimum atomic E-state index is -0.587. The van der Waals surface area contributed by atoms with Crippen molar-refractivity contribution in [2.24, 2.45) is 0 Å². The zero-order valence-electron chi connectivity index (χ0n) is 10.3. The SMILES string of the molecule is COCCN(C)c1nc(OC)c([N+](=O)[O-])cc1Cl. The molecule has 0 radical (unpaired) electrons. The molecule has 0 fully saturated rings. The predicted molar refractivity (Wildman–Crippen MR) is 67.6 cm³/mol. The number of ether oxygens (including phenoxy) is 2. The second-order valence-corrected chi connectivity index (χ2v) is 3.90. The molecule has 0 aliphatic rings. The first kappa shape index (κ1) is 14.5. The average molecular weight is 276 g/mol. The van der Waals surface area contributed by atoms with Gasteiger partial charge in [0, 0.05) is 26.8 Å². The van der Waals surface area contributed by atoms with Gasteiger partial charge in [0.15, 0.2) is 5.82 Å². The Morgan fingerprint density at radius 2 is 2.22 bits per heavy atom. The van der Waals surface area contributed by atoms with Crippen molar-refractivity contribution >= 4 is 23.1 Å². The number of nitro groups is 1. The number of pyridine rings is 1. The summed E-state index contributed by atoms with van der Waals surface area (Å²) in [5, 5.41) is 11.0. The molecule has 0 amide bonds. The van der Waals surface area contributed by atoms with Crippen molar-refractivity contribution in [1.29, 1.82) is 0 Å². The van der Waals surface area contributed by atoms with Gasteiger partial charge in [0.05, 0.1) is 23.7 Å². The van der Waals surface area contributed by atoms with Gasteiger partial charge in [0.25, 0.3) is 5.88 Å². The van der Waals surface area contributed by atoms with Crippen LogP contribution in [-0.4, -0.2) is 44.3 Å². The molecule has 0 spiro atoms. The highest BCUT2D eigenvalue weighted by molar-refractivity contribution is 6.33. The Bertz CT molecular complexity index is 441. The molecule has 18 heavy (non-hydrogen) atoms. The van der Waals surface area contributed by atoms with E-state index in [1.165, 1.54) is 13.2 Å². The van der Waals surface area contributed by atoms with Gasteiger partial charge >= 0.3 is 5.69 Å². The second kappa shape index (κ2) is 6.36. The molecule has 0 bridgehead atoms. The number of methoxy groups -OCH3 is 2. The van der Waals surface area contributed by atoms with Crippen LogP contribution in [0.4, 0.5) is 11.5 Å². The maximum Gasteiger partial charge on any atom is 0.332 e. The summed E-state index contributed by atoms with van der Waals surface area (Å²) in [6.45, 7) is 1.05. The molecule has 100 valence electrons. The van der Waals surface area contributed by atoms with Crippen molar-refractivity contribution in [1.82, 2.24) is 4.98 Å². The fourth-order valence-electron chi connectivity index (χ4n) is 1.34. The first-order chi connectivity index (χ1) is 8.51. The summed E-state index contributed by atoms with van der Waals surface area (Å²) in [4.78, 5) is 16.0. The minimum Gasteiger partial charge on any atom is -0.476 e. The third kappa shape index (κ3) is 3.21. The van der Waals surface area contributed by atoms with E-state index in [0.717, 1.165) is 0 Å². The van der Waals surface area contributed by atoms with Crippen molar-refractivity contribution < 1.29 is 14.4 Å². The molecule has 1 rings (SSSR count). The van der Waals surface area contributed by atoms with E-state index in [1.54, 1.807) is 19.1 Å². The third-order valence-electron chi connectivity index (χ3n) is 2.29. The van der Waals surface area contributed by atoms with E-state index in [2.05, 4.69) is 4.98 Å². The van der Waals surface area contributed by atoms with Crippen LogP contribution < -0.4 is 9.64 Å². The molecule has 0 aromatic carbocycles. The Labute approximate surface area is 109 Å². The first-order valence-electron chi connectivity index (χ1n) is 5.10. The van der Waals surface area contributed by atoms with Crippen molar-refractivity contribution in [3.8, 4) is 5.88 Å². The van der Waals surface area contributed by atoms with Crippen LogP contribution in [0.2, 0.25) is 5.02 Å².